The van der Waals surface area contributed by atoms with Crippen LogP contribution in [-0.2, 0) is 14.5 Å². The highest BCUT2D eigenvalue weighted by atomic mass is 32.2. The molecule has 5 unspecified atom stereocenters. The predicted molar refractivity (Wildman–Crippen MR) is 124 cm³/mol. The molecule has 1 N–H and O–H groups in total. The van der Waals surface area contributed by atoms with E-state index >= 15 is 0 Å². The summed E-state index contributed by atoms with van der Waals surface area (Å²) in [5.41, 5.74) is 0.409. The molecule has 2 aliphatic rings. The SMILES string of the molecule is CC[Si](CC)(CC)OC1CCCC2(C)C(C(C)CCCCCS(=O)(=O)O)CCC12. The molecular formula is C23H46O4SSi. The van der Waals surface area contributed by atoms with Crippen molar-refractivity contribution in [2.24, 2.45) is 23.2 Å². The molecule has 2 aliphatic carbocycles. The molecule has 29 heavy (non-hydrogen) atoms. The molecule has 0 aromatic heterocycles. The van der Waals surface area contributed by atoms with Gasteiger partial charge in [0, 0.05) is 6.10 Å². The van der Waals surface area contributed by atoms with Gasteiger partial charge in [0.05, 0.1) is 5.75 Å². The lowest BCUT2D eigenvalue weighted by molar-refractivity contribution is -0.0203. The number of hydrogen-bond acceptors (Lipinski definition) is 3. The fraction of sp³-hybridized carbons (Fsp3) is 1.00. The Hall–Kier alpha value is 0.0869. The van der Waals surface area contributed by atoms with Gasteiger partial charge in [0.15, 0.2) is 8.32 Å². The van der Waals surface area contributed by atoms with Crippen molar-refractivity contribution < 1.29 is 17.4 Å². The molecule has 0 heterocycles. The molecule has 2 saturated carbocycles. The standard InChI is InChI=1S/C23H46O4SSi/c1-6-29(7-2,8-3)27-22-14-12-17-23(5)20(15-16-21(22)23)19(4)13-10-9-11-18-28(24,25)26/h19-22H,6-18H2,1-5H3,(H,24,25,26). The van der Waals surface area contributed by atoms with E-state index in [4.69, 9.17) is 8.98 Å². The third-order valence-electron chi connectivity index (χ3n) is 8.72. The van der Waals surface area contributed by atoms with Gasteiger partial charge in [-0.15, -0.1) is 0 Å². The zero-order valence-electron chi connectivity index (χ0n) is 19.6. The van der Waals surface area contributed by atoms with Crippen LogP contribution in [-0.4, -0.2) is 33.1 Å². The minimum atomic E-state index is -3.80. The zero-order chi connectivity index (χ0) is 21.7. The van der Waals surface area contributed by atoms with Gasteiger partial charge >= 0.3 is 0 Å². The van der Waals surface area contributed by atoms with Crippen LogP contribution >= 0.6 is 0 Å². The second-order valence-electron chi connectivity index (χ2n) is 10.2. The lowest BCUT2D eigenvalue weighted by Gasteiger charge is -2.49. The van der Waals surface area contributed by atoms with Gasteiger partial charge in [0.2, 0.25) is 0 Å². The summed E-state index contributed by atoms with van der Waals surface area (Å²) in [6, 6.07) is 3.72. The summed E-state index contributed by atoms with van der Waals surface area (Å²) in [4.78, 5) is 0. The average Bonchev–Trinajstić information content (AvgIpc) is 3.03. The van der Waals surface area contributed by atoms with Crippen LogP contribution in [0.1, 0.15) is 92.4 Å². The van der Waals surface area contributed by atoms with Gasteiger partial charge in [-0.05, 0) is 73.4 Å². The molecule has 0 radical (unpaired) electrons. The first-order valence-corrected chi connectivity index (χ1v) is 16.4. The van der Waals surface area contributed by atoms with Crippen molar-refractivity contribution >= 4 is 18.4 Å². The quantitative estimate of drug-likeness (QED) is 0.206. The Balaban J connectivity index is 1.94. The zero-order valence-corrected chi connectivity index (χ0v) is 21.4. The lowest BCUT2D eigenvalue weighted by atomic mass is 9.61. The first-order chi connectivity index (χ1) is 13.6. The molecule has 2 fully saturated rings. The second-order valence-corrected chi connectivity index (χ2v) is 16.5. The molecule has 0 aromatic carbocycles. The summed E-state index contributed by atoms with van der Waals surface area (Å²) in [5, 5.41) is 0. The normalized spacial score (nSPS) is 31.6. The van der Waals surface area contributed by atoms with Gasteiger partial charge in [-0.25, -0.2) is 0 Å². The predicted octanol–water partition coefficient (Wildman–Crippen LogP) is 6.68. The molecule has 0 bridgehead atoms. The van der Waals surface area contributed by atoms with Gasteiger partial charge < -0.3 is 4.43 Å². The highest BCUT2D eigenvalue weighted by Gasteiger charge is 2.53. The van der Waals surface area contributed by atoms with E-state index < -0.39 is 18.4 Å². The van der Waals surface area contributed by atoms with Crippen molar-refractivity contribution in [2.45, 2.75) is 117 Å². The van der Waals surface area contributed by atoms with Gasteiger partial charge in [0.1, 0.15) is 0 Å². The van der Waals surface area contributed by atoms with Crippen LogP contribution in [0.3, 0.4) is 0 Å². The van der Waals surface area contributed by atoms with Crippen molar-refractivity contribution in [2.75, 3.05) is 5.75 Å². The van der Waals surface area contributed by atoms with E-state index in [0.29, 0.717) is 23.9 Å². The Bertz CT molecular complexity index is 596. The monoisotopic (exact) mass is 446 g/mol. The molecule has 0 aromatic rings. The fourth-order valence-electron chi connectivity index (χ4n) is 6.69. The van der Waals surface area contributed by atoms with E-state index in [9.17, 15) is 8.42 Å². The highest BCUT2D eigenvalue weighted by molar-refractivity contribution is 7.85. The van der Waals surface area contributed by atoms with Crippen molar-refractivity contribution in [1.82, 2.24) is 0 Å². The molecule has 6 heteroatoms. The summed E-state index contributed by atoms with van der Waals surface area (Å²) < 4.78 is 37.7. The Morgan fingerprint density at radius 3 is 2.31 bits per heavy atom. The molecule has 0 aliphatic heterocycles. The molecule has 0 spiro atoms. The molecule has 0 amide bonds. The van der Waals surface area contributed by atoms with Crippen molar-refractivity contribution in [3.05, 3.63) is 0 Å². The van der Waals surface area contributed by atoms with Crippen molar-refractivity contribution in [1.29, 1.82) is 0 Å². The summed E-state index contributed by atoms with van der Waals surface area (Å²) in [7, 11) is -5.37. The second kappa shape index (κ2) is 10.6. The molecule has 4 nitrogen and oxygen atoms in total. The minimum absolute atomic E-state index is 0.0957. The Kier molecular flexibility index (Phi) is 9.27. The Morgan fingerprint density at radius 2 is 1.72 bits per heavy atom. The third-order valence-corrected chi connectivity index (χ3v) is 14.2. The van der Waals surface area contributed by atoms with E-state index in [2.05, 4.69) is 34.6 Å². The first kappa shape index (κ1) is 25.3. The van der Waals surface area contributed by atoms with E-state index in [1.807, 2.05) is 0 Å². The van der Waals surface area contributed by atoms with Crippen LogP contribution < -0.4 is 0 Å². The van der Waals surface area contributed by atoms with Gasteiger partial charge in [0.25, 0.3) is 10.1 Å². The molecule has 2 rings (SSSR count). The van der Waals surface area contributed by atoms with Crippen LogP contribution in [0, 0.1) is 23.2 Å². The number of hydrogen-bond donors (Lipinski definition) is 1. The smallest absolute Gasteiger partial charge is 0.264 e. The van der Waals surface area contributed by atoms with Crippen LogP contribution in [0.5, 0.6) is 0 Å². The highest BCUT2D eigenvalue weighted by Crippen LogP contribution is 2.59. The van der Waals surface area contributed by atoms with Crippen LogP contribution in [0.15, 0.2) is 0 Å². The average molecular weight is 447 g/mol. The van der Waals surface area contributed by atoms with E-state index in [-0.39, 0.29) is 5.75 Å². The molecule has 172 valence electrons. The number of fused-ring (bicyclic) bond motifs is 1. The molecule has 0 saturated heterocycles. The number of unbranched alkanes of at least 4 members (excludes halogenated alkanes) is 2. The van der Waals surface area contributed by atoms with Crippen LogP contribution in [0.25, 0.3) is 0 Å². The maximum absolute atomic E-state index is 10.9. The third kappa shape index (κ3) is 6.30. The van der Waals surface area contributed by atoms with Crippen LogP contribution in [0.2, 0.25) is 18.1 Å². The fourth-order valence-corrected chi connectivity index (χ4v) is 10.2. The Labute approximate surface area is 181 Å². The van der Waals surface area contributed by atoms with E-state index in [1.165, 1.54) is 56.7 Å². The maximum atomic E-state index is 10.9. The first-order valence-electron chi connectivity index (χ1n) is 12.2. The van der Waals surface area contributed by atoms with Crippen LogP contribution in [0.4, 0.5) is 0 Å². The van der Waals surface area contributed by atoms with Gasteiger partial charge in [-0.3, -0.25) is 4.55 Å². The summed E-state index contributed by atoms with van der Waals surface area (Å²) >= 11 is 0. The Morgan fingerprint density at radius 1 is 1.07 bits per heavy atom. The van der Waals surface area contributed by atoms with Gasteiger partial charge in [-0.1, -0.05) is 60.3 Å². The maximum Gasteiger partial charge on any atom is 0.264 e. The van der Waals surface area contributed by atoms with E-state index in [1.54, 1.807) is 0 Å². The summed E-state index contributed by atoms with van der Waals surface area (Å²) in [6.07, 6.45) is 10.7. The minimum Gasteiger partial charge on any atom is -0.414 e. The largest absolute Gasteiger partial charge is 0.414 e. The van der Waals surface area contributed by atoms with Crippen molar-refractivity contribution in [3.8, 4) is 0 Å². The van der Waals surface area contributed by atoms with Crippen molar-refractivity contribution in [3.63, 3.8) is 0 Å². The molecule has 5 atom stereocenters. The topological polar surface area (TPSA) is 63.6 Å². The molecular weight excluding hydrogens is 400 g/mol. The van der Waals surface area contributed by atoms with Gasteiger partial charge in [-0.2, -0.15) is 8.42 Å². The lowest BCUT2D eigenvalue weighted by Crippen LogP contribution is -2.48. The van der Waals surface area contributed by atoms with E-state index in [0.717, 1.165) is 24.7 Å². The summed E-state index contributed by atoms with van der Waals surface area (Å²) in [6.45, 7) is 12.0. The number of rotatable bonds is 12. The summed E-state index contributed by atoms with van der Waals surface area (Å²) in [5.74, 6) is 2.07.